The first-order chi connectivity index (χ1) is 15.0. The number of furan rings is 1. The van der Waals surface area contributed by atoms with E-state index in [0.29, 0.717) is 22.1 Å². The minimum atomic E-state index is -0.503. The second-order valence-corrected chi connectivity index (χ2v) is 7.18. The maximum absolute atomic E-state index is 13.8. The zero-order valence-electron chi connectivity index (χ0n) is 16.5. The summed E-state index contributed by atoms with van der Waals surface area (Å²) in [4.78, 5) is 16.4. The van der Waals surface area contributed by atoms with Crippen molar-refractivity contribution in [3.8, 4) is 5.75 Å². The summed E-state index contributed by atoms with van der Waals surface area (Å²) < 4.78 is 26.4. The quantitative estimate of drug-likeness (QED) is 0.444. The largest absolute Gasteiger partial charge is 0.486 e. The number of carbonyl (C=O) groups is 1. The molecule has 31 heavy (non-hydrogen) atoms. The molecule has 1 N–H and O–H groups in total. The van der Waals surface area contributed by atoms with Crippen LogP contribution in [-0.4, -0.2) is 20.7 Å². The van der Waals surface area contributed by atoms with Crippen LogP contribution in [0.5, 0.6) is 5.75 Å². The maximum atomic E-state index is 13.8. The Morgan fingerprint density at radius 3 is 2.87 bits per heavy atom. The normalized spacial score (nSPS) is 10.8. The van der Waals surface area contributed by atoms with Crippen LogP contribution in [0, 0.1) is 12.7 Å². The molecule has 0 unspecified atom stereocenters. The monoisotopic (exact) mass is 440 g/mol. The third kappa shape index (κ3) is 5.10. The number of nitrogens with zero attached hydrogens (tertiary/aromatic N) is 3. The van der Waals surface area contributed by atoms with E-state index in [4.69, 9.17) is 20.8 Å². The van der Waals surface area contributed by atoms with Crippen LogP contribution in [0.2, 0.25) is 5.02 Å². The molecule has 1 amide bonds. The molecule has 0 fully saturated rings. The van der Waals surface area contributed by atoms with Crippen LogP contribution in [0.25, 0.3) is 0 Å². The summed E-state index contributed by atoms with van der Waals surface area (Å²) >= 11 is 6.00. The van der Waals surface area contributed by atoms with Crippen molar-refractivity contribution in [2.75, 3.05) is 5.32 Å². The van der Waals surface area contributed by atoms with Crippen LogP contribution in [0.4, 0.5) is 10.3 Å². The van der Waals surface area contributed by atoms with Crippen molar-refractivity contribution in [2.45, 2.75) is 20.1 Å². The molecule has 7 nitrogen and oxygen atoms in total. The first kappa shape index (κ1) is 20.6. The van der Waals surface area contributed by atoms with Gasteiger partial charge in [-0.15, -0.1) is 5.10 Å². The molecular formula is C22H18ClFN4O3. The second-order valence-electron chi connectivity index (χ2n) is 6.78. The number of anilines is 1. The average Bonchev–Trinajstić information content (AvgIpc) is 3.40. The van der Waals surface area contributed by atoms with Gasteiger partial charge in [0, 0.05) is 10.6 Å². The highest BCUT2D eigenvalue weighted by Gasteiger charge is 2.14. The molecule has 4 aromatic rings. The fourth-order valence-corrected chi connectivity index (χ4v) is 2.95. The zero-order valence-corrected chi connectivity index (χ0v) is 17.3. The molecule has 0 radical (unpaired) electrons. The lowest BCUT2D eigenvalue weighted by Gasteiger charge is -2.06. The van der Waals surface area contributed by atoms with Gasteiger partial charge in [0.25, 0.3) is 5.91 Å². The highest BCUT2D eigenvalue weighted by atomic mass is 35.5. The van der Waals surface area contributed by atoms with Crippen molar-refractivity contribution >= 4 is 23.5 Å². The molecule has 0 atom stereocenters. The summed E-state index contributed by atoms with van der Waals surface area (Å²) in [6, 6.07) is 14.9. The van der Waals surface area contributed by atoms with Crippen molar-refractivity contribution in [3.63, 3.8) is 0 Å². The Hall–Kier alpha value is -3.65. The van der Waals surface area contributed by atoms with E-state index in [2.05, 4.69) is 15.4 Å². The van der Waals surface area contributed by atoms with Gasteiger partial charge < -0.3 is 9.15 Å². The first-order valence-electron chi connectivity index (χ1n) is 9.40. The molecule has 2 heterocycles. The number of nitrogens with one attached hydrogen (secondary N) is 1. The molecule has 2 aromatic carbocycles. The van der Waals surface area contributed by atoms with Crippen molar-refractivity contribution in [2.24, 2.45) is 0 Å². The van der Waals surface area contributed by atoms with E-state index < -0.39 is 5.91 Å². The number of halogens is 2. The number of aryl methyl sites for hydroxylation is 1. The van der Waals surface area contributed by atoms with Crippen molar-refractivity contribution in [3.05, 3.63) is 94.4 Å². The van der Waals surface area contributed by atoms with Gasteiger partial charge in [-0.2, -0.15) is 0 Å². The summed E-state index contributed by atoms with van der Waals surface area (Å²) in [5.41, 5.74) is 1.37. The van der Waals surface area contributed by atoms with Crippen LogP contribution in [-0.2, 0) is 13.2 Å². The minimum Gasteiger partial charge on any atom is -0.486 e. The smallest absolute Gasteiger partial charge is 0.293 e. The maximum Gasteiger partial charge on any atom is 0.293 e. The number of ether oxygens (including phenoxy) is 1. The summed E-state index contributed by atoms with van der Waals surface area (Å²) in [7, 11) is 0. The highest BCUT2D eigenvalue weighted by molar-refractivity contribution is 6.31. The number of hydrogen-bond acceptors (Lipinski definition) is 5. The zero-order chi connectivity index (χ0) is 21.8. The van der Waals surface area contributed by atoms with Crippen LogP contribution in [0.15, 0.2) is 65.3 Å². The number of rotatable bonds is 7. The predicted molar refractivity (Wildman–Crippen MR) is 113 cm³/mol. The van der Waals surface area contributed by atoms with E-state index in [1.165, 1.54) is 23.1 Å². The van der Waals surface area contributed by atoms with Gasteiger partial charge in [-0.3, -0.25) is 10.1 Å². The van der Waals surface area contributed by atoms with E-state index in [1.54, 1.807) is 36.4 Å². The van der Waals surface area contributed by atoms with Gasteiger partial charge in [0.15, 0.2) is 5.76 Å². The fraction of sp³-hybridized carbons (Fsp3) is 0.136. The predicted octanol–water partition coefficient (Wildman–Crippen LogP) is 4.85. The molecule has 0 saturated carbocycles. The topological polar surface area (TPSA) is 82.2 Å². The molecule has 0 aliphatic rings. The van der Waals surface area contributed by atoms with Crippen LogP contribution in [0.3, 0.4) is 0 Å². The third-order valence-corrected chi connectivity index (χ3v) is 4.87. The standard InChI is InChI=1S/C22H18ClFN4O3/c1-14-10-16(6-8-18(14)23)30-12-17-7-9-20(31-17)21(29)26-22-25-13-28(27-22)11-15-4-2-3-5-19(15)24/h2-10,13H,11-12H2,1H3,(H,26,27,29). The van der Waals surface area contributed by atoms with Crippen molar-refractivity contribution in [1.82, 2.24) is 14.8 Å². The molecule has 0 spiro atoms. The number of benzene rings is 2. The molecule has 0 saturated heterocycles. The van der Waals surface area contributed by atoms with E-state index >= 15 is 0 Å². The van der Waals surface area contributed by atoms with Gasteiger partial charge in [-0.05, 0) is 48.9 Å². The highest BCUT2D eigenvalue weighted by Crippen LogP contribution is 2.22. The van der Waals surface area contributed by atoms with Crippen molar-refractivity contribution in [1.29, 1.82) is 0 Å². The Bertz CT molecular complexity index is 1220. The van der Waals surface area contributed by atoms with Crippen LogP contribution >= 0.6 is 11.6 Å². The van der Waals surface area contributed by atoms with Gasteiger partial charge in [0.2, 0.25) is 5.95 Å². The van der Waals surface area contributed by atoms with Crippen LogP contribution < -0.4 is 10.1 Å². The minimum absolute atomic E-state index is 0.0900. The number of amides is 1. The molecule has 0 aliphatic heterocycles. The Balaban J connectivity index is 1.34. The Kier molecular flexibility index (Phi) is 5.99. The molecule has 0 bridgehead atoms. The molecular weight excluding hydrogens is 423 g/mol. The number of carbonyl (C=O) groups excluding carboxylic acids is 1. The van der Waals surface area contributed by atoms with Crippen LogP contribution in [0.1, 0.15) is 27.4 Å². The van der Waals surface area contributed by atoms with E-state index in [9.17, 15) is 9.18 Å². The van der Waals surface area contributed by atoms with Gasteiger partial charge in [0.05, 0.1) is 6.54 Å². The third-order valence-electron chi connectivity index (χ3n) is 4.45. The van der Waals surface area contributed by atoms with Gasteiger partial charge in [0.1, 0.15) is 30.3 Å². The second kappa shape index (κ2) is 9.01. The van der Waals surface area contributed by atoms with E-state index in [1.807, 2.05) is 13.0 Å². The van der Waals surface area contributed by atoms with Crippen molar-refractivity contribution < 1.29 is 18.3 Å². The lowest BCUT2D eigenvalue weighted by atomic mass is 10.2. The number of hydrogen-bond donors (Lipinski definition) is 1. The van der Waals surface area contributed by atoms with Gasteiger partial charge in [-0.25, -0.2) is 14.1 Å². The number of aromatic nitrogens is 3. The lowest BCUT2D eigenvalue weighted by molar-refractivity contribution is 0.0991. The fourth-order valence-electron chi connectivity index (χ4n) is 2.83. The van der Waals surface area contributed by atoms with E-state index in [0.717, 1.165) is 5.56 Å². The summed E-state index contributed by atoms with van der Waals surface area (Å²) in [6.45, 7) is 2.24. The summed E-state index contributed by atoms with van der Waals surface area (Å²) in [5.74, 6) is 0.480. The van der Waals surface area contributed by atoms with Gasteiger partial charge in [-0.1, -0.05) is 29.8 Å². The molecule has 158 valence electrons. The molecule has 0 aliphatic carbocycles. The Morgan fingerprint density at radius 2 is 2.06 bits per heavy atom. The SMILES string of the molecule is Cc1cc(OCc2ccc(C(=O)Nc3ncn(Cc4ccccc4F)n3)o2)ccc1Cl. The summed E-state index contributed by atoms with van der Waals surface area (Å²) in [6.07, 6.45) is 1.41. The molecule has 2 aromatic heterocycles. The average molecular weight is 441 g/mol. The molecule has 4 rings (SSSR count). The summed E-state index contributed by atoms with van der Waals surface area (Å²) in [5, 5.41) is 7.36. The Labute approximate surface area is 182 Å². The Morgan fingerprint density at radius 1 is 1.23 bits per heavy atom. The first-order valence-corrected chi connectivity index (χ1v) is 9.77. The molecule has 9 heteroatoms. The lowest BCUT2D eigenvalue weighted by Crippen LogP contribution is -2.12. The van der Waals surface area contributed by atoms with E-state index in [-0.39, 0.29) is 30.7 Å². The van der Waals surface area contributed by atoms with Gasteiger partial charge >= 0.3 is 0 Å².